The molecule has 1 amide bonds. The Morgan fingerprint density at radius 1 is 1.25 bits per heavy atom. The molecule has 1 heterocycles. The molecule has 1 aromatic rings. The van der Waals surface area contributed by atoms with E-state index in [4.69, 9.17) is 9.47 Å². The first-order valence-electron chi connectivity index (χ1n) is 5.27. The highest BCUT2D eigenvalue weighted by Crippen LogP contribution is 2.40. The van der Waals surface area contributed by atoms with Crippen molar-refractivity contribution in [2.24, 2.45) is 0 Å². The topological polar surface area (TPSA) is 38.8 Å². The minimum Gasteiger partial charge on any atom is -0.496 e. The molecule has 0 fully saturated rings. The summed E-state index contributed by atoms with van der Waals surface area (Å²) in [6.07, 6.45) is 2.72. The van der Waals surface area contributed by atoms with E-state index in [2.05, 4.69) is 0 Å². The average Bonchev–Trinajstić information content (AvgIpc) is 2.36. The molecule has 0 unspecified atom stereocenters. The van der Waals surface area contributed by atoms with Crippen LogP contribution in [-0.4, -0.2) is 27.2 Å². The summed E-state index contributed by atoms with van der Waals surface area (Å²) < 4.78 is 10.6. The molecule has 0 aromatic heterocycles. The van der Waals surface area contributed by atoms with E-state index in [1.54, 1.807) is 19.1 Å². The van der Waals surface area contributed by atoms with Crippen molar-refractivity contribution in [3.8, 4) is 11.5 Å². The van der Waals surface area contributed by atoms with Gasteiger partial charge in [-0.1, -0.05) is 0 Å². The largest absolute Gasteiger partial charge is 0.496 e. The molecular weight excluding hydrogens is 206 g/mol. The molecule has 0 radical (unpaired) electrons. The zero-order valence-electron chi connectivity index (χ0n) is 9.53. The number of amides is 1. The van der Waals surface area contributed by atoms with E-state index < -0.39 is 0 Å². The molecule has 0 atom stereocenters. The van der Waals surface area contributed by atoms with Gasteiger partial charge in [0.15, 0.2) is 0 Å². The van der Waals surface area contributed by atoms with Crippen molar-refractivity contribution in [3.05, 3.63) is 17.7 Å². The van der Waals surface area contributed by atoms with Crippen molar-refractivity contribution in [3.63, 3.8) is 0 Å². The normalized spacial score (nSPS) is 14.2. The van der Waals surface area contributed by atoms with E-state index in [0.717, 1.165) is 48.5 Å². The van der Waals surface area contributed by atoms with Gasteiger partial charge in [0.25, 0.3) is 0 Å². The fourth-order valence-electron chi connectivity index (χ4n) is 2.15. The van der Waals surface area contributed by atoms with Gasteiger partial charge in [0.05, 0.1) is 19.9 Å². The van der Waals surface area contributed by atoms with Crippen LogP contribution in [0.15, 0.2) is 12.1 Å². The van der Waals surface area contributed by atoms with Crippen molar-refractivity contribution in [2.75, 3.05) is 25.7 Å². The van der Waals surface area contributed by atoms with Crippen molar-refractivity contribution >= 4 is 12.1 Å². The lowest BCUT2D eigenvalue weighted by atomic mass is 10.0. The Labute approximate surface area is 94.8 Å². The number of carbonyl (C=O) groups is 1. The summed E-state index contributed by atoms with van der Waals surface area (Å²) in [5.74, 6) is 1.55. The molecule has 16 heavy (non-hydrogen) atoms. The summed E-state index contributed by atoms with van der Waals surface area (Å²) in [5.41, 5.74) is 1.91. The lowest BCUT2D eigenvalue weighted by Crippen LogP contribution is -2.28. The number of hydrogen-bond acceptors (Lipinski definition) is 3. The standard InChI is InChI=1S/C12H15NO3/c1-15-10-5-6-11(16-2)12-9(10)4-3-7-13(12)8-14/h5-6,8H,3-4,7H2,1-2H3. The Morgan fingerprint density at radius 2 is 1.94 bits per heavy atom. The van der Waals surface area contributed by atoms with E-state index in [-0.39, 0.29) is 0 Å². The summed E-state index contributed by atoms with van der Waals surface area (Å²) >= 11 is 0. The summed E-state index contributed by atoms with van der Waals surface area (Å²) in [6, 6.07) is 3.71. The third kappa shape index (κ3) is 1.60. The molecule has 0 saturated carbocycles. The van der Waals surface area contributed by atoms with E-state index in [1.165, 1.54) is 0 Å². The molecule has 1 aromatic carbocycles. The molecule has 2 rings (SSSR count). The molecular formula is C12H15NO3. The molecule has 1 aliphatic rings. The number of nitrogens with zero attached hydrogens (tertiary/aromatic N) is 1. The Balaban J connectivity index is 2.59. The van der Waals surface area contributed by atoms with E-state index >= 15 is 0 Å². The van der Waals surface area contributed by atoms with Gasteiger partial charge in [-0.25, -0.2) is 0 Å². The summed E-state index contributed by atoms with van der Waals surface area (Å²) in [6.45, 7) is 0.736. The zero-order valence-corrected chi connectivity index (χ0v) is 9.53. The maximum absolute atomic E-state index is 11.0. The van der Waals surface area contributed by atoms with E-state index in [0.29, 0.717) is 0 Å². The Kier molecular flexibility index (Phi) is 2.99. The lowest BCUT2D eigenvalue weighted by molar-refractivity contribution is -0.107. The highest BCUT2D eigenvalue weighted by molar-refractivity contribution is 5.83. The summed E-state index contributed by atoms with van der Waals surface area (Å²) in [7, 11) is 3.25. The van der Waals surface area contributed by atoms with Gasteiger partial charge in [-0.05, 0) is 25.0 Å². The minimum absolute atomic E-state index is 0.725. The number of carbonyl (C=O) groups excluding carboxylic acids is 1. The zero-order chi connectivity index (χ0) is 11.5. The van der Waals surface area contributed by atoms with Crippen molar-refractivity contribution in [2.45, 2.75) is 12.8 Å². The van der Waals surface area contributed by atoms with Crippen molar-refractivity contribution in [1.82, 2.24) is 0 Å². The van der Waals surface area contributed by atoms with Crippen LogP contribution in [0.1, 0.15) is 12.0 Å². The SMILES string of the molecule is COc1ccc(OC)c2c1CCCN2C=O. The van der Waals surface area contributed by atoms with Crippen LogP contribution in [0.2, 0.25) is 0 Å². The highest BCUT2D eigenvalue weighted by atomic mass is 16.5. The Bertz CT molecular complexity index is 403. The second-order valence-corrected chi connectivity index (χ2v) is 3.70. The maximum Gasteiger partial charge on any atom is 0.214 e. The summed E-state index contributed by atoms with van der Waals surface area (Å²) in [5, 5.41) is 0. The van der Waals surface area contributed by atoms with Crippen molar-refractivity contribution < 1.29 is 14.3 Å². The molecule has 1 aliphatic heterocycles. The molecule has 0 aliphatic carbocycles. The van der Waals surface area contributed by atoms with Gasteiger partial charge in [-0.2, -0.15) is 0 Å². The number of anilines is 1. The van der Waals surface area contributed by atoms with Gasteiger partial charge in [0, 0.05) is 12.1 Å². The fraction of sp³-hybridized carbons (Fsp3) is 0.417. The van der Waals surface area contributed by atoms with Gasteiger partial charge in [0.2, 0.25) is 6.41 Å². The smallest absolute Gasteiger partial charge is 0.214 e. The highest BCUT2D eigenvalue weighted by Gasteiger charge is 2.23. The first-order valence-corrected chi connectivity index (χ1v) is 5.27. The minimum atomic E-state index is 0.725. The first kappa shape index (κ1) is 10.8. The number of hydrogen-bond donors (Lipinski definition) is 0. The Morgan fingerprint density at radius 3 is 2.56 bits per heavy atom. The van der Waals surface area contributed by atoms with Crippen LogP contribution >= 0.6 is 0 Å². The van der Waals surface area contributed by atoms with Crippen LogP contribution in [0, 0.1) is 0 Å². The number of methoxy groups -OCH3 is 2. The van der Waals surface area contributed by atoms with Gasteiger partial charge in [-0.15, -0.1) is 0 Å². The number of fused-ring (bicyclic) bond motifs is 1. The summed E-state index contributed by atoms with van der Waals surface area (Å²) in [4.78, 5) is 12.7. The van der Waals surface area contributed by atoms with Crippen LogP contribution < -0.4 is 14.4 Å². The van der Waals surface area contributed by atoms with Gasteiger partial charge in [0.1, 0.15) is 11.5 Å². The fourth-order valence-corrected chi connectivity index (χ4v) is 2.15. The molecule has 0 N–H and O–H groups in total. The molecule has 86 valence electrons. The lowest BCUT2D eigenvalue weighted by Gasteiger charge is -2.28. The van der Waals surface area contributed by atoms with E-state index in [1.807, 2.05) is 12.1 Å². The average molecular weight is 221 g/mol. The van der Waals surface area contributed by atoms with Crippen LogP contribution in [0.3, 0.4) is 0 Å². The van der Waals surface area contributed by atoms with Crippen LogP contribution in [-0.2, 0) is 11.2 Å². The van der Waals surface area contributed by atoms with Gasteiger partial charge < -0.3 is 14.4 Å². The van der Waals surface area contributed by atoms with Crippen molar-refractivity contribution in [1.29, 1.82) is 0 Å². The Hall–Kier alpha value is -1.71. The monoisotopic (exact) mass is 221 g/mol. The second-order valence-electron chi connectivity index (χ2n) is 3.70. The quantitative estimate of drug-likeness (QED) is 0.728. The third-order valence-electron chi connectivity index (χ3n) is 2.88. The molecule has 4 nitrogen and oxygen atoms in total. The second kappa shape index (κ2) is 4.43. The van der Waals surface area contributed by atoms with E-state index in [9.17, 15) is 4.79 Å². The predicted molar refractivity (Wildman–Crippen MR) is 61.3 cm³/mol. The number of rotatable bonds is 3. The number of benzene rings is 1. The third-order valence-corrected chi connectivity index (χ3v) is 2.88. The molecule has 0 saturated heterocycles. The van der Waals surface area contributed by atoms with Crippen LogP contribution in [0.5, 0.6) is 11.5 Å². The molecule has 4 heteroatoms. The molecule has 0 spiro atoms. The van der Waals surface area contributed by atoms with Gasteiger partial charge in [-0.3, -0.25) is 4.79 Å². The predicted octanol–water partition coefficient (Wildman–Crippen LogP) is 1.61. The van der Waals surface area contributed by atoms with Gasteiger partial charge >= 0.3 is 0 Å². The van der Waals surface area contributed by atoms with Crippen LogP contribution in [0.25, 0.3) is 0 Å². The maximum atomic E-state index is 11.0. The first-order chi connectivity index (χ1) is 7.81. The van der Waals surface area contributed by atoms with Crippen LogP contribution in [0.4, 0.5) is 5.69 Å². The molecule has 0 bridgehead atoms. The number of ether oxygens (including phenoxy) is 2.